The van der Waals surface area contributed by atoms with E-state index in [4.69, 9.17) is 10.3 Å². The van der Waals surface area contributed by atoms with Crippen molar-refractivity contribution in [1.29, 1.82) is 0 Å². The Kier molecular flexibility index (Phi) is 4.00. The van der Waals surface area contributed by atoms with Crippen molar-refractivity contribution in [2.24, 2.45) is 17.1 Å². The number of carbonyl (C=O) groups is 1. The van der Waals surface area contributed by atoms with Crippen LogP contribution in [0.1, 0.15) is 43.6 Å². The van der Waals surface area contributed by atoms with Crippen LogP contribution >= 0.6 is 0 Å². The van der Waals surface area contributed by atoms with Crippen LogP contribution in [0, 0.1) is 25.2 Å². The van der Waals surface area contributed by atoms with Crippen molar-refractivity contribution in [2.75, 3.05) is 13.1 Å². The zero-order valence-corrected chi connectivity index (χ0v) is 14.4. The number of piperidine rings is 1. The van der Waals surface area contributed by atoms with Crippen molar-refractivity contribution in [3.05, 3.63) is 11.5 Å². The maximum atomic E-state index is 12.8. The minimum atomic E-state index is -3.64. The largest absolute Gasteiger partial charge is 0.369 e. The monoisotopic (exact) mass is 341 g/mol. The highest BCUT2D eigenvalue weighted by Gasteiger charge is 2.46. The Hall–Kier alpha value is -1.41. The van der Waals surface area contributed by atoms with Crippen molar-refractivity contribution < 1.29 is 17.7 Å². The Labute approximate surface area is 136 Å². The Morgan fingerprint density at radius 2 is 1.96 bits per heavy atom. The summed E-state index contributed by atoms with van der Waals surface area (Å²) in [5.74, 6) is 0.583. The fourth-order valence-corrected chi connectivity index (χ4v) is 5.28. The topological polar surface area (TPSA) is 106 Å². The third kappa shape index (κ3) is 2.89. The van der Waals surface area contributed by atoms with Crippen LogP contribution < -0.4 is 5.73 Å². The zero-order chi connectivity index (χ0) is 16.8. The standard InChI is InChI=1S/C15H23N3O4S/c1-10-13(11(2)22-17-10)23(20,21)18-7-5-15(6-8-18,14(16)19)9-12-3-4-12/h12H,3-9H2,1-2H3,(H2,16,19). The third-order valence-electron chi connectivity index (χ3n) is 5.14. The number of primary amides is 1. The normalized spacial score (nSPS) is 22.2. The predicted molar refractivity (Wildman–Crippen MR) is 82.9 cm³/mol. The van der Waals surface area contributed by atoms with Gasteiger partial charge in [-0.25, -0.2) is 8.42 Å². The Balaban J connectivity index is 1.79. The van der Waals surface area contributed by atoms with Crippen molar-refractivity contribution in [2.45, 2.75) is 50.8 Å². The Morgan fingerprint density at radius 1 is 1.35 bits per heavy atom. The molecular weight excluding hydrogens is 318 g/mol. The number of sulfonamides is 1. The lowest BCUT2D eigenvalue weighted by Crippen LogP contribution is -2.49. The summed E-state index contributed by atoms with van der Waals surface area (Å²) in [6.45, 7) is 3.83. The number of hydrogen-bond acceptors (Lipinski definition) is 5. The van der Waals surface area contributed by atoms with Crippen molar-refractivity contribution in [3.63, 3.8) is 0 Å². The van der Waals surface area contributed by atoms with E-state index < -0.39 is 15.4 Å². The lowest BCUT2D eigenvalue weighted by molar-refractivity contribution is -0.130. The van der Waals surface area contributed by atoms with Gasteiger partial charge < -0.3 is 10.3 Å². The third-order valence-corrected chi connectivity index (χ3v) is 7.29. The van der Waals surface area contributed by atoms with Crippen molar-refractivity contribution in [1.82, 2.24) is 9.46 Å². The minimum absolute atomic E-state index is 0.145. The van der Waals surface area contributed by atoms with Gasteiger partial charge in [0.05, 0.1) is 5.41 Å². The molecule has 23 heavy (non-hydrogen) atoms. The van der Waals surface area contributed by atoms with E-state index in [1.165, 1.54) is 4.31 Å². The number of nitrogens with two attached hydrogens (primary N) is 1. The summed E-state index contributed by atoms with van der Waals surface area (Å²) >= 11 is 0. The molecule has 0 bridgehead atoms. The van der Waals surface area contributed by atoms with Crippen molar-refractivity contribution in [3.8, 4) is 0 Å². The number of hydrogen-bond donors (Lipinski definition) is 1. The van der Waals surface area contributed by atoms with Gasteiger partial charge >= 0.3 is 0 Å². The van der Waals surface area contributed by atoms with Crippen LogP contribution in [0.2, 0.25) is 0 Å². The van der Waals surface area contributed by atoms with Gasteiger partial charge in [0.2, 0.25) is 15.9 Å². The van der Waals surface area contributed by atoms with E-state index in [0.29, 0.717) is 43.3 Å². The molecule has 1 aliphatic heterocycles. The van der Waals surface area contributed by atoms with Gasteiger partial charge in [-0.05, 0) is 39.0 Å². The Morgan fingerprint density at radius 3 is 2.39 bits per heavy atom. The molecule has 1 amide bonds. The molecule has 8 heteroatoms. The van der Waals surface area contributed by atoms with E-state index in [1.54, 1.807) is 13.8 Å². The summed E-state index contributed by atoms with van der Waals surface area (Å²) in [5.41, 5.74) is 5.46. The number of nitrogens with zero attached hydrogens (tertiary/aromatic N) is 2. The van der Waals surface area contributed by atoms with Crippen molar-refractivity contribution >= 4 is 15.9 Å². The van der Waals surface area contributed by atoms with Gasteiger partial charge in [0.25, 0.3) is 0 Å². The fraction of sp³-hybridized carbons (Fsp3) is 0.733. The van der Waals surface area contributed by atoms with Crippen LogP contribution in [-0.2, 0) is 14.8 Å². The summed E-state index contributed by atoms with van der Waals surface area (Å²) in [6.07, 6.45) is 4.07. The molecule has 0 unspecified atom stereocenters. The van der Waals surface area contributed by atoms with E-state index in [9.17, 15) is 13.2 Å². The average Bonchev–Trinajstić information content (AvgIpc) is 3.22. The molecule has 0 spiro atoms. The number of carbonyl (C=O) groups excluding carboxylic acids is 1. The van der Waals surface area contributed by atoms with Crippen LogP contribution in [-0.4, -0.2) is 36.9 Å². The second kappa shape index (κ2) is 5.59. The second-order valence-electron chi connectivity index (χ2n) is 6.85. The number of aromatic nitrogens is 1. The van der Waals surface area contributed by atoms with Crippen LogP contribution in [0.3, 0.4) is 0 Å². The average molecular weight is 341 g/mol. The molecule has 0 atom stereocenters. The highest BCUT2D eigenvalue weighted by molar-refractivity contribution is 7.89. The summed E-state index contributed by atoms with van der Waals surface area (Å²) in [7, 11) is -3.64. The first kappa shape index (κ1) is 16.4. The fourth-order valence-electron chi connectivity index (χ4n) is 3.55. The predicted octanol–water partition coefficient (Wildman–Crippen LogP) is 1.35. The van der Waals surface area contributed by atoms with E-state index in [-0.39, 0.29) is 10.8 Å². The molecule has 0 aromatic carbocycles. The molecule has 1 saturated heterocycles. The molecule has 2 heterocycles. The first-order valence-electron chi connectivity index (χ1n) is 7.99. The number of aryl methyl sites for hydroxylation is 2. The van der Waals surface area contributed by atoms with Gasteiger partial charge in [0.15, 0.2) is 5.76 Å². The molecule has 128 valence electrons. The van der Waals surface area contributed by atoms with Crippen LogP contribution in [0.25, 0.3) is 0 Å². The van der Waals surface area contributed by atoms with Gasteiger partial charge in [-0.2, -0.15) is 4.31 Å². The second-order valence-corrected chi connectivity index (χ2v) is 8.72. The van der Waals surface area contributed by atoms with E-state index in [2.05, 4.69) is 5.16 Å². The summed E-state index contributed by atoms with van der Waals surface area (Å²) < 4.78 is 32.0. The maximum Gasteiger partial charge on any atom is 0.248 e. The molecule has 7 nitrogen and oxygen atoms in total. The van der Waals surface area contributed by atoms with Crippen LogP contribution in [0.5, 0.6) is 0 Å². The molecule has 2 aliphatic rings. The highest BCUT2D eigenvalue weighted by atomic mass is 32.2. The van der Waals surface area contributed by atoms with E-state index in [1.807, 2.05) is 0 Å². The first-order chi connectivity index (χ1) is 10.8. The molecule has 0 radical (unpaired) electrons. The molecule has 2 fully saturated rings. The highest BCUT2D eigenvalue weighted by Crippen LogP contribution is 2.46. The summed E-state index contributed by atoms with van der Waals surface area (Å²) in [5, 5.41) is 3.73. The Bertz CT molecular complexity index is 694. The number of rotatable bonds is 5. The lowest BCUT2D eigenvalue weighted by atomic mass is 9.74. The zero-order valence-electron chi connectivity index (χ0n) is 13.5. The molecular formula is C15H23N3O4S. The maximum absolute atomic E-state index is 12.8. The van der Waals surface area contributed by atoms with Gasteiger partial charge in [-0.1, -0.05) is 18.0 Å². The SMILES string of the molecule is Cc1noc(C)c1S(=O)(=O)N1CCC(CC2CC2)(C(N)=O)CC1. The lowest BCUT2D eigenvalue weighted by Gasteiger charge is -2.39. The molecule has 1 aliphatic carbocycles. The summed E-state index contributed by atoms with van der Waals surface area (Å²) in [4.78, 5) is 12.1. The number of amides is 1. The van der Waals surface area contributed by atoms with Crippen LogP contribution in [0.4, 0.5) is 0 Å². The molecule has 1 saturated carbocycles. The van der Waals surface area contributed by atoms with Gasteiger partial charge in [0, 0.05) is 13.1 Å². The quantitative estimate of drug-likeness (QED) is 0.870. The van der Waals surface area contributed by atoms with Gasteiger partial charge in [-0.15, -0.1) is 0 Å². The van der Waals surface area contributed by atoms with Gasteiger partial charge in [-0.3, -0.25) is 4.79 Å². The molecule has 1 aromatic rings. The minimum Gasteiger partial charge on any atom is -0.369 e. The summed E-state index contributed by atoms with van der Waals surface area (Å²) in [6, 6.07) is 0. The molecule has 2 N–H and O–H groups in total. The van der Waals surface area contributed by atoms with Gasteiger partial charge in [0.1, 0.15) is 10.6 Å². The molecule has 1 aromatic heterocycles. The smallest absolute Gasteiger partial charge is 0.248 e. The van der Waals surface area contributed by atoms with E-state index in [0.717, 1.165) is 19.3 Å². The first-order valence-corrected chi connectivity index (χ1v) is 9.43. The van der Waals surface area contributed by atoms with Crippen LogP contribution in [0.15, 0.2) is 9.42 Å². The van der Waals surface area contributed by atoms with E-state index >= 15 is 0 Å². The molecule has 3 rings (SSSR count).